The third-order valence-electron chi connectivity index (χ3n) is 9.15. The molecule has 6 rings (SSSR count). The summed E-state index contributed by atoms with van der Waals surface area (Å²) in [5.74, 6) is 2.29. The number of nitrogen functional groups attached to an aromatic ring is 1. The number of aromatic nitrogens is 4. The maximum Gasteiger partial charge on any atom is 0.294 e. The summed E-state index contributed by atoms with van der Waals surface area (Å²) < 4.78 is 49.4. The molecule has 0 aliphatic rings. The highest BCUT2D eigenvalue weighted by Crippen LogP contribution is 2.42. The molecule has 0 spiro atoms. The fraction of sp³-hybridized carbons (Fsp3) is 0.282. The molecule has 16 nitrogen and oxygen atoms in total. The number of benzene rings is 4. The van der Waals surface area contributed by atoms with E-state index in [9.17, 15) is 13.0 Å². The van der Waals surface area contributed by atoms with Crippen molar-refractivity contribution in [3.8, 4) is 11.5 Å². The molecular formula is C39H45N11O5S3. The third-order valence-corrected chi connectivity index (χ3v) is 11.7. The zero-order valence-corrected chi connectivity index (χ0v) is 35.4. The van der Waals surface area contributed by atoms with Crippen LogP contribution in [0.4, 0.5) is 51.0 Å². The average molecular weight is 844 g/mol. The maximum atomic E-state index is 11.9. The molecule has 0 aliphatic carbocycles. The van der Waals surface area contributed by atoms with Crippen LogP contribution in [0.25, 0.3) is 10.9 Å². The number of hydrogen-bond acceptors (Lipinski definition) is 17. The number of thioether (sulfide) groups is 1. The van der Waals surface area contributed by atoms with Gasteiger partial charge in [-0.3, -0.25) is 4.55 Å². The van der Waals surface area contributed by atoms with Crippen LogP contribution >= 0.6 is 23.3 Å². The van der Waals surface area contributed by atoms with Crippen LogP contribution in [0.15, 0.2) is 93.1 Å². The highest BCUT2D eigenvalue weighted by atomic mass is 32.2. The van der Waals surface area contributed by atoms with E-state index < -0.39 is 10.1 Å². The summed E-state index contributed by atoms with van der Waals surface area (Å²) >= 11 is 2.49. The Bertz CT molecular complexity index is 2510. The van der Waals surface area contributed by atoms with Crippen LogP contribution in [-0.4, -0.2) is 72.7 Å². The quantitative estimate of drug-likeness (QED) is 0.0275. The van der Waals surface area contributed by atoms with E-state index in [1.54, 1.807) is 26.4 Å². The van der Waals surface area contributed by atoms with Crippen molar-refractivity contribution in [2.75, 3.05) is 66.6 Å². The molecule has 58 heavy (non-hydrogen) atoms. The smallest absolute Gasteiger partial charge is 0.294 e. The van der Waals surface area contributed by atoms with E-state index in [1.165, 1.54) is 30.0 Å². The maximum absolute atomic E-state index is 11.9. The van der Waals surface area contributed by atoms with Crippen LogP contribution < -0.4 is 35.6 Å². The van der Waals surface area contributed by atoms with Gasteiger partial charge in [0.1, 0.15) is 17.2 Å². The minimum absolute atomic E-state index is 0.220. The van der Waals surface area contributed by atoms with Crippen molar-refractivity contribution >= 4 is 95.3 Å². The molecule has 2 heterocycles. The van der Waals surface area contributed by atoms with Crippen molar-refractivity contribution < 1.29 is 22.4 Å². The first-order valence-electron chi connectivity index (χ1n) is 18.4. The molecule has 0 aliphatic heterocycles. The summed E-state index contributed by atoms with van der Waals surface area (Å²) in [5, 5.41) is 17.0. The van der Waals surface area contributed by atoms with Gasteiger partial charge < -0.3 is 35.6 Å². The van der Waals surface area contributed by atoms with Crippen molar-refractivity contribution in [2.24, 2.45) is 10.2 Å². The van der Waals surface area contributed by atoms with E-state index in [2.05, 4.69) is 62.7 Å². The lowest BCUT2D eigenvalue weighted by Crippen LogP contribution is -2.22. The number of rotatable bonds is 18. The van der Waals surface area contributed by atoms with Crippen molar-refractivity contribution in [3.05, 3.63) is 78.4 Å². The second-order valence-electron chi connectivity index (χ2n) is 12.6. The van der Waals surface area contributed by atoms with Gasteiger partial charge in [0.15, 0.2) is 10.2 Å². The summed E-state index contributed by atoms with van der Waals surface area (Å²) in [6.45, 7) is 11.2. The van der Waals surface area contributed by atoms with Crippen LogP contribution in [0, 0.1) is 0 Å². The Morgan fingerprint density at radius 1 is 0.793 bits per heavy atom. The second-order valence-corrected chi connectivity index (χ2v) is 15.7. The van der Waals surface area contributed by atoms with Gasteiger partial charge in [-0.15, -0.1) is 10.2 Å². The predicted octanol–water partition coefficient (Wildman–Crippen LogP) is 9.21. The first kappa shape index (κ1) is 41.9. The Hall–Kier alpha value is -5.76. The van der Waals surface area contributed by atoms with Gasteiger partial charge >= 0.3 is 0 Å². The minimum atomic E-state index is -4.45. The van der Waals surface area contributed by atoms with Gasteiger partial charge in [-0.1, -0.05) is 42.1 Å². The molecule has 0 bridgehead atoms. The molecule has 0 saturated heterocycles. The molecule has 0 saturated carbocycles. The van der Waals surface area contributed by atoms with Gasteiger partial charge in [0.2, 0.25) is 11.9 Å². The van der Waals surface area contributed by atoms with Crippen LogP contribution in [0.2, 0.25) is 0 Å². The minimum Gasteiger partial charge on any atom is -0.495 e. The first-order valence-corrected chi connectivity index (χ1v) is 21.6. The largest absolute Gasteiger partial charge is 0.495 e. The highest BCUT2D eigenvalue weighted by molar-refractivity contribution is 7.98. The summed E-state index contributed by atoms with van der Waals surface area (Å²) in [5.41, 5.74) is 11.7. The Morgan fingerprint density at radius 2 is 1.40 bits per heavy atom. The number of methoxy groups -OCH3 is 2. The third kappa shape index (κ3) is 9.67. The Labute approximate surface area is 345 Å². The summed E-state index contributed by atoms with van der Waals surface area (Å²) in [6.07, 6.45) is 0. The SMILES string of the molecule is CCN(CC)c1cc(Nc2nc(Nc3cc(N(CC)CC)c(OC)cc3N=Nc3snc4ccc(S(=O)(=O)O)cc34)nc(SCc3ccccc3)n2)c(N)cc1OC. The van der Waals surface area contributed by atoms with Crippen LogP contribution in [0.3, 0.4) is 0 Å². The van der Waals surface area contributed by atoms with Crippen LogP contribution in [-0.2, 0) is 15.9 Å². The van der Waals surface area contributed by atoms with Gasteiger partial charge in [0, 0.05) is 49.5 Å². The number of hydrogen-bond donors (Lipinski definition) is 4. The lowest BCUT2D eigenvalue weighted by atomic mass is 10.2. The zero-order valence-electron chi connectivity index (χ0n) is 32.9. The van der Waals surface area contributed by atoms with Gasteiger partial charge in [0.25, 0.3) is 10.1 Å². The van der Waals surface area contributed by atoms with E-state index in [0.717, 1.165) is 41.6 Å². The fourth-order valence-electron chi connectivity index (χ4n) is 6.12. The lowest BCUT2D eigenvalue weighted by Gasteiger charge is -2.25. The number of nitrogens with zero attached hydrogens (tertiary/aromatic N) is 8. The highest BCUT2D eigenvalue weighted by Gasteiger charge is 2.20. The Morgan fingerprint density at radius 3 is 2.00 bits per heavy atom. The van der Waals surface area contributed by atoms with E-state index in [-0.39, 0.29) is 16.8 Å². The van der Waals surface area contributed by atoms with Crippen molar-refractivity contribution in [1.29, 1.82) is 0 Å². The molecule has 4 aromatic carbocycles. The summed E-state index contributed by atoms with van der Waals surface area (Å²) in [7, 11) is -1.25. The molecule has 6 aromatic rings. The average Bonchev–Trinajstić information content (AvgIpc) is 3.64. The van der Waals surface area contributed by atoms with Gasteiger partial charge in [-0.25, -0.2) is 0 Å². The van der Waals surface area contributed by atoms with Crippen molar-refractivity contribution in [2.45, 2.75) is 43.5 Å². The molecule has 0 unspecified atom stereocenters. The molecule has 2 aromatic heterocycles. The molecule has 0 radical (unpaired) electrons. The number of azo groups is 1. The standard InChI is InChI=1S/C39H45N11O5S3/c1-7-49(8-2)32-20-29(27(40)19-34(32)54-5)41-37-43-38(45-39(44-37)56-23-24-14-12-11-13-15-24)42-30-21-33(50(9-3)10-4)35(55-6)22-31(30)46-47-36-26-18-25(58(51,52)53)16-17-28(26)48-57-36/h11-22H,7-10,23,40H2,1-6H3,(H,51,52,53)(H2,41,42,43,44,45). The van der Waals surface area contributed by atoms with E-state index in [0.29, 0.717) is 74.2 Å². The number of ether oxygens (including phenoxy) is 2. The first-order chi connectivity index (χ1) is 28.0. The second kappa shape index (κ2) is 18.7. The molecule has 304 valence electrons. The molecule has 5 N–H and O–H groups in total. The zero-order chi connectivity index (χ0) is 41.4. The Balaban J connectivity index is 1.45. The van der Waals surface area contributed by atoms with Gasteiger partial charge in [-0.05, 0) is 75.1 Å². The molecule has 19 heteroatoms. The molecule has 0 fully saturated rings. The molecular weight excluding hydrogens is 799 g/mol. The van der Waals surface area contributed by atoms with E-state index in [4.69, 9.17) is 30.2 Å². The van der Waals surface area contributed by atoms with Gasteiger partial charge in [-0.2, -0.15) is 27.7 Å². The van der Waals surface area contributed by atoms with E-state index in [1.807, 2.05) is 42.5 Å². The van der Waals surface area contributed by atoms with Crippen molar-refractivity contribution in [1.82, 2.24) is 19.3 Å². The normalized spacial score (nSPS) is 11.6. The topological polar surface area (TPSA) is 206 Å². The van der Waals surface area contributed by atoms with Crippen LogP contribution in [0.5, 0.6) is 11.5 Å². The van der Waals surface area contributed by atoms with Crippen LogP contribution in [0.1, 0.15) is 33.3 Å². The van der Waals surface area contributed by atoms with E-state index >= 15 is 0 Å². The lowest BCUT2D eigenvalue weighted by molar-refractivity contribution is 0.414. The number of nitrogens with two attached hydrogens (primary N) is 1. The van der Waals surface area contributed by atoms with Gasteiger partial charge in [0.05, 0.1) is 53.1 Å². The molecule has 0 amide bonds. The summed E-state index contributed by atoms with van der Waals surface area (Å²) in [6, 6.07) is 21.5. The van der Waals surface area contributed by atoms with Crippen molar-refractivity contribution in [3.63, 3.8) is 0 Å². The predicted molar refractivity (Wildman–Crippen MR) is 234 cm³/mol. The monoisotopic (exact) mass is 843 g/mol. The molecule has 0 atom stereocenters. The summed E-state index contributed by atoms with van der Waals surface area (Å²) in [4.78, 5) is 18.4. The Kier molecular flexibility index (Phi) is 13.5. The number of anilines is 7. The number of fused-ring (bicyclic) bond motifs is 1. The fourth-order valence-corrected chi connectivity index (χ4v) is 8.10. The number of nitrogens with one attached hydrogen (secondary N) is 2.